The molecule has 0 aromatic heterocycles. The van der Waals surface area contributed by atoms with Gasteiger partial charge in [-0.1, -0.05) is 24.4 Å². The monoisotopic (exact) mass is 314 g/mol. The highest BCUT2D eigenvalue weighted by molar-refractivity contribution is 6.33. The Morgan fingerprint density at radius 3 is 2.50 bits per heavy atom. The van der Waals surface area contributed by atoms with Gasteiger partial charge in [0, 0.05) is 18.1 Å². The average Bonchev–Trinajstić information content (AvgIpc) is 2.67. The summed E-state index contributed by atoms with van der Waals surface area (Å²) in [5.74, 6) is -0.204. The molecule has 110 valence electrons. The molecule has 1 aromatic rings. The van der Waals surface area contributed by atoms with Gasteiger partial charge in [0.05, 0.1) is 11.4 Å². The van der Waals surface area contributed by atoms with Crippen LogP contribution in [0.25, 0.3) is 0 Å². The molecule has 3 nitrogen and oxygen atoms in total. The molecular formula is C15H20Cl2N2O. The summed E-state index contributed by atoms with van der Waals surface area (Å²) < 4.78 is 0. The van der Waals surface area contributed by atoms with Crippen LogP contribution in [-0.4, -0.2) is 24.4 Å². The minimum atomic E-state index is -0.564. The first-order valence-corrected chi connectivity index (χ1v) is 7.89. The molecule has 1 N–H and O–H groups in total. The fourth-order valence-electron chi connectivity index (χ4n) is 2.43. The smallest absolute Gasteiger partial charge is 0.242 e. The fourth-order valence-corrected chi connectivity index (χ4v) is 2.65. The lowest BCUT2D eigenvalue weighted by Gasteiger charge is -2.26. The number of amides is 1. The Kier molecular flexibility index (Phi) is 5.55. The molecule has 1 aliphatic heterocycles. The third kappa shape index (κ3) is 4.03. The van der Waals surface area contributed by atoms with Gasteiger partial charge in [-0.15, -0.1) is 11.6 Å². The molecule has 1 aromatic carbocycles. The number of benzene rings is 1. The van der Waals surface area contributed by atoms with E-state index in [9.17, 15) is 4.79 Å². The maximum Gasteiger partial charge on any atom is 0.242 e. The molecule has 0 radical (unpaired) electrons. The van der Waals surface area contributed by atoms with Gasteiger partial charge in [-0.05, 0) is 38.0 Å². The molecule has 0 aliphatic carbocycles. The van der Waals surface area contributed by atoms with Gasteiger partial charge >= 0.3 is 0 Å². The van der Waals surface area contributed by atoms with Crippen molar-refractivity contribution in [3.8, 4) is 0 Å². The van der Waals surface area contributed by atoms with Crippen LogP contribution in [0.5, 0.6) is 0 Å². The number of rotatable bonds is 3. The Balaban J connectivity index is 2.24. The van der Waals surface area contributed by atoms with Crippen LogP contribution in [0.15, 0.2) is 18.2 Å². The predicted octanol–water partition coefficient (Wildman–Crippen LogP) is 4.29. The highest BCUT2D eigenvalue weighted by Crippen LogP contribution is 2.31. The number of carbonyl (C=O) groups excluding carboxylic acids is 1. The van der Waals surface area contributed by atoms with Crippen LogP contribution in [0.2, 0.25) is 5.02 Å². The molecule has 1 atom stereocenters. The quantitative estimate of drug-likeness (QED) is 0.844. The first kappa shape index (κ1) is 15.5. The average molecular weight is 315 g/mol. The van der Waals surface area contributed by atoms with E-state index in [1.54, 1.807) is 13.0 Å². The normalized spacial score (nSPS) is 17.4. The van der Waals surface area contributed by atoms with Crippen molar-refractivity contribution < 1.29 is 4.79 Å². The van der Waals surface area contributed by atoms with Gasteiger partial charge in [-0.25, -0.2) is 0 Å². The van der Waals surface area contributed by atoms with Crippen molar-refractivity contribution in [3.05, 3.63) is 23.2 Å². The third-order valence-corrected chi connectivity index (χ3v) is 3.96. The molecule has 1 fully saturated rings. The Hall–Kier alpha value is -0.930. The van der Waals surface area contributed by atoms with Gasteiger partial charge in [0.25, 0.3) is 0 Å². The standard InChI is InChI=1S/C15H20Cl2N2O/c1-11(16)15(20)18-13-10-12(17)6-7-14(13)19-8-4-2-3-5-9-19/h6-7,10-11H,2-5,8-9H2,1H3,(H,18,20)/t11-/m1/s1. The van der Waals surface area contributed by atoms with Gasteiger partial charge in [0.15, 0.2) is 0 Å². The highest BCUT2D eigenvalue weighted by Gasteiger charge is 2.17. The third-order valence-electron chi connectivity index (χ3n) is 3.52. The number of hydrogen-bond acceptors (Lipinski definition) is 2. The zero-order valence-electron chi connectivity index (χ0n) is 11.7. The molecular weight excluding hydrogens is 295 g/mol. The molecule has 1 saturated heterocycles. The second-order valence-electron chi connectivity index (χ2n) is 5.17. The van der Waals surface area contributed by atoms with Crippen molar-refractivity contribution in [1.82, 2.24) is 0 Å². The minimum absolute atomic E-state index is 0.204. The fraction of sp³-hybridized carbons (Fsp3) is 0.533. The number of halogens is 2. The zero-order chi connectivity index (χ0) is 14.5. The number of hydrogen-bond donors (Lipinski definition) is 1. The molecule has 0 bridgehead atoms. The Labute approximate surface area is 130 Å². The zero-order valence-corrected chi connectivity index (χ0v) is 13.2. The maximum atomic E-state index is 11.8. The summed E-state index contributed by atoms with van der Waals surface area (Å²) in [5.41, 5.74) is 1.78. The molecule has 0 unspecified atom stereocenters. The SMILES string of the molecule is C[C@@H](Cl)C(=O)Nc1cc(Cl)ccc1N1CCCCCC1. The van der Waals surface area contributed by atoms with E-state index in [1.807, 2.05) is 12.1 Å². The Bertz CT molecular complexity index is 469. The van der Waals surface area contributed by atoms with Crippen LogP contribution in [0.3, 0.4) is 0 Å². The van der Waals surface area contributed by atoms with Crippen molar-refractivity contribution in [2.75, 3.05) is 23.3 Å². The Morgan fingerprint density at radius 1 is 1.25 bits per heavy atom. The van der Waals surface area contributed by atoms with Crippen molar-refractivity contribution in [3.63, 3.8) is 0 Å². The lowest BCUT2D eigenvalue weighted by molar-refractivity contribution is -0.115. The lowest BCUT2D eigenvalue weighted by atomic mass is 10.2. The molecule has 1 heterocycles. The van der Waals surface area contributed by atoms with Gasteiger partial charge in [0.2, 0.25) is 5.91 Å². The van der Waals surface area contributed by atoms with Crippen molar-refractivity contribution in [2.24, 2.45) is 0 Å². The van der Waals surface area contributed by atoms with E-state index in [2.05, 4.69) is 10.2 Å². The molecule has 0 spiro atoms. The number of nitrogens with zero attached hydrogens (tertiary/aromatic N) is 1. The molecule has 20 heavy (non-hydrogen) atoms. The summed E-state index contributed by atoms with van der Waals surface area (Å²) in [6, 6.07) is 5.63. The first-order chi connectivity index (χ1) is 9.58. The van der Waals surface area contributed by atoms with Crippen LogP contribution in [0, 0.1) is 0 Å². The maximum absolute atomic E-state index is 11.8. The second-order valence-corrected chi connectivity index (χ2v) is 6.26. The molecule has 1 amide bonds. The van der Waals surface area contributed by atoms with E-state index in [4.69, 9.17) is 23.2 Å². The van der Waals surface area contributed by atoms with E-state index < -0.39 is 5.38 Å². The van der Waals surface area contributed by atoms with Gasteiger partial charge in [-0.2, -0.15) is 0 Å². The van der Waals surface area contributed by atoms with Crippen molar-refractivity contribution >= 4 is 40.5 Å². The van der Waals surface area contributed by atoms with Gasteiger partial charge in [0.1, 0.15) is 5.38 Å². The number of alkyl halides is 1. The summed E-state index contributed by atoms with van der Waals surface area (Å²) in [6.45, 7) is 3.69. The topological polar surface area (TPSA) is 32.3 Å². The molecule has 5 heteroatoms. The largest absolute Gasteiger partial charge is 0.370 e. The molecule has 0 saturated carbocycles. The second kappa shape index (κ2) is 7.19. The first-order valence-electron chi connectivity index (χ1n) is 7.07. The summed E-state index contributed by atoms with van der Waals surface area (Å²) >= 11 is 11.9. The van der Waals surface area contributed by atoms with Crippen molar-refractivity contribution in [2.45, 2.75) is 38.0 Å². The van der Waals surface area contributed by atoms with E-state index in [1.165, 1.54) is 25.7 Å². The molecule has 1 aliphatic rings. The molecule has 2 rings (SSSR count). The number of nitrogens with one attached hydrogen (secondary N) is 1. The Morgan fingerprint density at radius 2 is 1.90 bits per heavy atom. The van der Waals surface area contributed by atoms with E-state index in [0.29, 0.717) is 5.02 Å². The van der Waals surface area contributed by atoms with Crippen LogP contribution >= 0.6 is 23.2 Å². The summed E-state index contributed by atoms with van der Waals surface area (Å²) in [6.07, 6.45) is 4.90. The van der Waals surface area contributed by atoms with E-state index >= 15 is 0 Å². The number of carbonyl (C=O) groups is 1. The van der Waals surface area contributed by atoms with E-state index in [-0.39, 0.29) is 5.91 Å². The van der Waals surface area contributed by atoms with Gasteiger partial charge in [-0.3, -0.25) is 4.79 Å². The van der Waals surface area contributed by atoms with Crippen LogP contribution in [0.4, 0.5) is 11.4 Å². The summed E-state index contributed by atoms with van der Waals surface area (Å²) in [5, 5.41) is 2.92. The van der Waals surface area contributed by atoms with Crippen LogP contribution < -0.4 is 10.2 Å². The predicted molar refractivity (Wildman–Crippen MR) is 86.1 cm³/mol. The minimum Gasteiger partial charge on any atom is -0.370 e. The number of anilines is 2. The van der Waals surface area contributed by atoms with Gasteiger partial charge < -0.3 is 10.2 Å². The van der Waals surface area contributed by atoms with Crippen LogP contribution in [0.1, 0.15) is 32.6 Å². The van der Waals surface area contributed by atoms with Crippen molar-refractivity contribution in [1.29, 1.82) is 0 Å². The van der Waals surface area contributed by atoms with Crippen LogP contribution in [-0.2, 0) is 4.79 Å². The highest BCUT2D eigenvalue weighted by atomic mass is 35.5. The lowest BCUT2D eigenvalue weighted by Crippen LogP contribution is -2.27. The summed E-state index contributed by atoms with van der Waals surface area (Å²) in [7, 11) is 0. The summed E-state index contributed by atoms with van der Waals surface area (Å²) in [4.78, 5) is 14.1. The van der Waals surface area contributed by atoms with E-state index in [0.717, 1.165) is 24.5 Å².